The molecule has 0 spiro atoms. The Labute approximate surface area is 121 Å². The number of quaternary nitrogens is 1. The Morgan fingerprint density at radius 2 is 1.70 bits per heavy atom. The molecule has 0 bridgehead atoms. The first-order valence-electron chi connectivity index (χ1n) is 5.52. The van der Waals surface area contributed by atoms with Gasteiger partial charge in [0.25, 0.3) is 0 Å². The summed E-state index contributed by atoms with van der Waals surface area (Å²) >= 11 is -0.750. The monoisotopic (exact) mass is 305 g/mol. The number of nitrogens with zero attached hydrogens (tertiary/aromatic N) is 1. The lowest BCUT2D eigenvalue weighted by Crippen LogP contribution is -2.36. The van der Waals surface area contributed by atoms with Crippen molar-refractivity contribution in [2.75, 3.05) is 34.3 Å². The summed E-state index contributed by atoms with van der Waals surface area (Å²) in [7, 11) is 6.16. The molecule has 0 fully saturated rings. The molecule has 20 heavy (non-hydrogen) atoms. The van der Waals surface area contributed by atoms with E-state index >= 15 is 0 Å². The zero-order chi connectivity index (χ0) is 16.2. The number of aliphatic hydroxyl groups is 1. The molecule has 7 nitrogen and oxygen atoms in total. The maximum Gasteiger partial charge on any atom is 0.335 e. The van der Waals surface area contributed by atoms with Crippen LogP contribution >= 0.6 is 0 Å². The average Bonchev–Trinajstić information content (AvgIpc) is 2.29. The predicted molar refractivity (Wildman–Crippen MR) is 71.8 cm³/mol. The molecular weight excluding hydrogens is 286 g/mol. The first kappa shape index (κ1) is 20.5. The number of aromatic carboxylic acids is 1. The van der Waals surface area contributed by atoms with E-state index in [1.807, 2.05) is 0 Å². The van der Waals surface area contributed by atoms with Gasteiger partial charge in [-0.3, -0.25) is 0 Å². The molecule has 0 atom stereocenters. The average molecular weight is 305 g/mol. The number of hydrogen-bond acceptors (Lipinski definition) is 5. The quantitative estimate of drug-likeness (QED) is 0.726. The zero-order valence-electron chi connectivity index (χ0n) is 11.6. The van der Waals surface area contributed by atoms with E-state index in [0.717, 1.165) is 11.0 Å². The Morgan fingerprint density at radius 3 is 1.90 bits per heavy atom. The number of hydrogen-bond donors (Lipinski definition) is 2. The van der Waals surface area contributed by atoms with Crippen molar-refractivity contribution in [1.82, 2.24) is 0 Å². The van der Waals surface area contributed by atoms with E-state index in [1.54, 1.807) is 0 Å². The molecule has 1 aromatic rings. The molecule has 2 N–H and O–H groups in total. The Kier molecular flexibility index (Phi) is 11.4. The van der Waals surface area contributed by atoms with Crippen LogP contribution in [-0.4, -0.2) is 63.4 Å². The van der Waals surface area contributed by atoms with Crippen LogP contribution in [0, 0.1) is 0 Å². The van der Waals surface area contributed by atoms with E-state index in [0.29, 0.717) is 0 Å². The molecule has 0 radical (unpaired) electrons. The second-order valence-corrected chi connectivity index (χ2v) is 4.74. The molecule has 0 amide bonds. The van der Waals surface area contributed by atoms with Gasteiger partial charge in [0, 0.05) is 0 Å². The van der Waals surface area contributed by atoms with Crippen LogP contribution < -0.4 is 5.11 Å². The van der Waals surface area contributed by atoms with Crippen molar-refractivity contribution in [3.05, 3.63) is 29.8 Å². The summed E-state index contributed by atoms with van der Waals surface area (Å²) < 4.78 is 17.4. The molecule has 0 aliphatic heterocycles. The third-order valence-corrected chi connectivity index (χ3v) is 1.89. The van der Waals surface area contributed by atoms with Gasteiger partial charge in [-0.05, 0) is 6.07 Å². The summed E-state index contributed by atoms with van der Waals surface area (Å²) in [6, 6.07) is 5.54. The van der Waals surface area contributed by atoms with Crippen molar-refractivity contribution in [3.8, 4) is 5.75 Å². The summed E-state index contributed by atoms with van der Waals surface area (Å²) in [4.78, 5) is 10.2. The number of para-hydroxylation sites is 1. The number of carbonyl (C=O) groups is 1. The van der Waals surface area contributed by atoms with Gasteiger partial charge in [0.1, 0.15) is 6.54 Å². The van der Waals surface area contributed by atoms with Crippen LogP contribution in [0.4, 0.5) is 0 Å². The van der Waals surface area contributed by atoms with Gasteiger partial charge >= 0.3 is 17.5 Å². The number of benzene rings is 1. The minimum atomic E-state index is -1.18. The molecule has 0 aliphatic rings. The molecule has 0 unspecified atom stereocenters. The lowest BCUT2D eigenvalue weighted by molar-refractivity contribution is -0.870. The largest absolute Gasteiger partial charge is 0.872 e. The molecule has 0 aliphatic carbocycles. The van der Waals surface area contributed by atoms with Crippen LogP contribution in [0.5, 0.6) is 5.75 Å². The summed E-state index contributed by atoms with van der Waals surface area (Å²) in [5.74, 6) is -1.62. The number of likely N-dealkylation sites (N-methyl/N-ethyl adjacent to an activating group) is 1. The fraction of sp³-hybridized carbons (Fsp3) is 0.417. The third-order valence-electron chi connectivity index (χ3n) is 1.89. The van der Waals surface area contributed by atoms with Crippen LogP contribution in [0.1, 0.15) is 10.4 Å². The summed E-state index contributed by atoms with van der Waals surface area (Å²) in [6.07, 6.45) is 0. The Morgan fingerprint density at radius 1 is 1.25 bits per heavy atom. The van der Waals surface area contributed by atoms with E-state index < -0.39 is 23.3 Å². The standard InChI is InChI=1S/C7H6O3.C5H14NO.O2S/c8-6-4-2-1-3-5(6)7(9)10;1-6(2,3)4-5-7;1-3-2/h1-4,8H,(H,9,10);7H,4-5H2,1-3H3;/q;+1;/p-1. The SMILES string of the molecule is C[N+](C)(C)CCO.O=C(O)c1ccccc1[O-].O=S=O. The highest BCUT2D eigenvalue weighted by Crippen LogP contribution is 2.10. The minimum absolute atomic E-state index is 0.178. The van der Waals surface area contributed by atoms with Crippen LogP contribution in [0.2, 0.25) is 0 Å². The molecule has 114 valence electrons. The molecule has 8 heteroatoms. The van der Waals surface area contributed by atoms with Crippen molar-refractivity contribution >= 4 is 17.5 Å². The number of carboxylic acid groups (broad SMARTS) is 1. The van der Waals surface area contributed by atoms with Gasteiger partial charge in [-0.15, -0.1) is 0 Å². The maximum atomic E-state index is 10.7. The van der Waals surface area contributed by atoms with E-state index in [2.05, 4.69) is 21.1 Å². The topological polar surface area (TPSA) is 115 Å². The van der Waals surface area contributed by atoms with E-state index in [1.165, 1.54) is 24.3 Å². The Hall–Kier alpha value is -1.77. The zero-order valence-corrected chi connectivity index (χ0v) is 12.4. The molecule has 0 saturated heterocycles. The van der Waals surface area contributed by atoms with E-state index in [-0.39, 0.29) is 12.2 Å². The van der Waals surface area contributed by atoms with Crippen molar-refractivity contribution in [2.24, 2.45) is 0 Å². The summed E-state index contributed by atoms with van der Waals surface area (Å²) in [6.45, 7) is 1.11. The molecular formula is C12H19NO6S. The lowest BCUT2D eigenvalue weighted by atomic mass is 10.2. The predicted octanol–water partition coefficient (Wildman–Crippen LogP) is -0.527. The Bertz CT molecular complexity index is 438. The highest BCUT2D eigenvalue weighted by Gasteiger charge is 2.02. The summed E-state index contributed by atoms with van der Waals surface area (Å²) in [5, 5.41) is 27.4. The van der Waals surface area contributed by atoms with Crippen LogP contribution in [0.3, 0.4) is 0 Å². The maximum absolute atomic E-state index is 10.7. The number of carboxylic acids is 1. The van der Waals surface area contributed by atoms with Crippen molar-refractivity contribution in [2.45, 2.75) is 0 Å². The van der Waals surface area contributed by atoms with Crippen molar-refractivity contribution < 1.29 is 33.0 Å². The second-order valence-electron chi connectivity index (χ2n) is 4.61. The fourth-order valence-corrected chi connectivity index (χ4v) is 0.943. The van der Waals surface area contributed by atoms with Gasteiger partial charge < -0.3 is 19.8 Å². The minimum Gasteiger partial charge on any atom is -0.872 e. The van der Waals surface area contributed by atoms with Crippen molar-refractivity contribution in [1.29, 1.82) is 0 Å². The highest BCUT2D eigenvalue weighted by molar-refractivity contribution is 7.51. The van der Waals surface area contributed by atoms with E-state index in [9.17, 15) is 9.90 Å². The van der Waals surface area contributed by atoms with Gasteiger partial charge in [-0.1, -0.05) is 23.9 Å². The van der Waals surface area contributed by atoms with Crippen LogP contribution in [-0.2, 0) is 11.6 Å². The highest BCUT2D eigenvalue weighted by atomic mass is 32.1. The lowest BCUT2D eigenvalue weighted by Gasteiger charge is -2.21. The first-order chi connectivity index (χ1) is 9.19. The summed E-state index contributed by atoms with van der Waals surface area (Å²) in [5.41, 5.74) is -0.178. The van der Waals surface area contributed by atoms with E-state index in [4.69, 9.17) is 18.6 Å². The van der Waals surface area contributed by atoms with Crippen molar-refractivity contribution in [3.63, 3.8) is 0 Å². The van der Waals surface area contributed by atoms with Gasteiger partial charge in [0.2, 0.25) is 0 Å². The number of rotatable bonds is 3. The third kappa shape index (κ3) is 12.7. The fourth-order valence-electron chi connectivity index (χ4n) is 0.943. The Balaban J connectivity index is 0. The first-order valence-corrected chi connectivity index (χ1v) is 6.18. The van der Waals surface area contributed by atoms with Gasteiger partial charge in [-0.2, -0.15) is 8.42 Å². The van der Waals surface area contributed by atoms with Gasteiger partial charge in [-0.25, -0.2) is 4.79 Å². The van der Waals surface area contributed by atoms with Crippen LogP contribution in [0.25, 0.3) is 0 Å². The molecule has 0 aromatic heterocycles. The molecule has 0 heterocycles. The molecule has 1 rings (SSSR count). The van der Waals surface area contributed by atoms with Gasteiger partial charge in [0.15, 0.2) is 0 Å². The number of aliphatic hydroxyl groups excluding tert-OH is 1. The second kappa shape index (κ2) is 11.1. The normalized spacial score (nSPS) is 9.40. The molecule has 0 saturated carbocycles. The van der Waals surface area contributed by atoms with Gasteiger partial charge in [0.05, 0.1) is 33.3 Å². The smallest absolute Gasteiger partial charge is 0.335 e. The molecule has 1 aromatic carbocycles. The van der Waals surface area contributed by atoms with Crippen LogP contribution in [0.15, 0.2) is 24.3 Å².